The van der Waals surface area contributed by atoms with E-state index in [4.69, 9.17) is 15.5 Å². The average molecular weight is 342 g/mol. The van der Waals surface area contributed by atoms with Gasteiger partial charge >= 0.3 is 0 Å². The van der Waals surface area contributed by atoms with E-state index in [9.17, 15) is 4.21 Å². The number of dihydropyridines is 1. The van der Waals surface area contributed by atoms with Gasteiger partial charge in [-0.05, 0) is 19.4 Å². The fraction of sp³-hybridized carbons (Fsp3) is 0.667. The number of thioether (sulfide) groups is 1. The summed E-state index contributed by atoms with van der Waals surface area (Å²) in [5.41, 5.74) is 8.28. The van der Waals surface area contributed by atoms with Crippen molar-refractivity contribution in [1.82, 2.24) is 4.90 Å². The van der Waals surface area contributed by atoms with Crippen LogP contribution in [-0.2, 0) is 15.5 Å². The van der Waals surface area contributed by atoms with Gasteiger partial charge in [0.05, 0.1) is 34.2 Å². The lowest BCUT2D eigenvalue weighted by Crippen LogP contribution is -2.42. The van der Waals surface area contributed by atoms with Gasteiger partial charge in [-0.15, -0.1) is 0 Å². The van der Waals surface area contributed by atoms with Gasteiger partial charge in [0.15, 0.2) is 0 Å². The SMILES string of the molecule is CCCS(=O)C1=C(N)C2C(C)=CC(N3CCOCC3)=NC2S1. The van der Waals surface area contributed by atoms with Gasteiger partial charge in [0, 0.05) is 24.5 Å². The number of fused-ring (bicyclic) bond motifs is 1. The van der Waals surface area contributed by atoms with Crippen LogP contribution in [0.1, 0.15) is 20.3 Å². The second-order valence-corrected chi connectivity index (χ2v) is 8.65. The number of hydrogen-bond donors (Lipinski definition) is 1. The number of amidine groups is 1. The molecule has 3 rings (SSSR count). The van der Waals surface area contributed by atoms with Crippen LogP contribution in [0.15, 0.2) is 26.6 Å². The average Bonchev–Trinajstić information content (AvgIpc) is 2.86. The van der Waals surface area contributed by atoms with Crippen LogP contribution >= 0.6 is 11.8 Å². The molecule has 1 saturated heterocycles. The van der Waals surface area contributed by atoms with Gasteiger partial charge in [0.25, 0.3) is 0 Å². The molecule has 22 heavy (non-hydrogen) atoms. The van der Waals surface area contributed by atoms with Crippen molar-refractivity contribution in [2.75, 3.05) is 32.1 Å². The standard InChI is InChI=1S/C15H23N3O2S2/c1-3-8-22(19)15-13(16)12-10(2)9-11(17-14(12)21-15)18-4-6-20-7-5-18/h9,12,14H,3-8,16H2,1-2H3. The molecule has 0 spiro atoms. The molecule has 0 radical (unpaired) electrons. The highest BCUT2D eigenvalue weighted by atomic mass is 32.2. The van der Waals surface area contributed by atoms with E-state index in [-0.39, 0.29) is 11.3 Å². The molecule has 0 bridgehead atoms. The van der Waals surface area contributed by atoms with Crippen molar-refractivity contribution < 1.29 is 8.95 Å². The van der Waals surface area contributed by atoms with E-state index in [2.05, 4.69) is 17.9 Å². The zero-order valence-corrected chi connectivity index (χ0v) is 14.7. The highest BCUT2D eigenvalue weighted by molar-refractivity contribution is 8.17. The lowest BCUT2D eigenvalue weighted by molar-refractivity contribution is 0.0682. The minimum atomic E-state index is -0.986. The summed E-state index contributed by atoms with van der Waals surface area (Å²) in [7, 11) is -0.986. The predicted octanol–water partition coefficient (Wildman–Crippen LogP) is 1.65. The van der Waals surface area contributed by atoms with Crippen LogP contribution in [0.3, 0.4) is 0 Å². The third-order valence-corrected chi connectivity index (χ3v) is 7.47. The van der Waals surface area contributed by atoms with Crippen LogP contribution in [-0.4, -0.2) is 52.4 Å². The molecule has 3 aliphatic heterocycles. The summed E-state index contributed by atoms with van der Waals surface area (Å²) in [4.78, 5) is 7.14. The van der Waals surface area contributed by atoms with Crippen molar-refractivity contribution in [1.29, 1.82) is 0 Å². The molecule has 0 saturated carbocycles. The number of ether oxygens (including phenoxy) is 1. The number of nitrogens with two attached hydrogens (primary N) is 1. The van der Waals surface area contributed by atoms with Crippen molar-refractivity contribution in [3.8, 4) is 0 Å². The maximum absolute atomic E-state index is 12.3. The van der Waals surface area contributed by atoms with E-state index in [1.165, 1.54) is 5.57 Å². The first-order valence-electron chi connectivity index (χ1n) is 7.75. The lowest BCUT2D eigenvalue weighted by Gasteiger charge is -2.33. The highest BCUT2D eigenvalue weighted by Gasteiger charge is 2.40. The Morgan fingerprint density at radius 2 is 2.23 bits per heavy atom. The summed E-state index contributed by atoms with van der Waals surface area (Å²) in [6.07, 6.45) is 3.03. The highest BCUT2D eigenvalue weighted by Crippen LogP contribution is 2.47. The quantitative estimate of drug-likeness (QED) is 0.845. The fourth-order valence-electron chi connectivity index (χ4n) is 2.99. The van der Waals surface area contributed by atoms with Crippen LogP contribution in [0, 0.1) is 5.92 Å². The number of aliphatic imine (C=N–C) groups is 1. The molecule has 3 heterocycles. The van der Waals surface area contributed by atoms with Gasteiger partial charge in [-0.3, -0.25) is 9.20 Å². The Kier molecular flexibility index (Phi) is 4.94. The molecule has 7 heteroatoms. The normalized spacial score (nSPS) is 30.0. The van der Waals surface area contributed by atoms with Crippen molar-refractivity contribution >= 4 is 28.4 Å². The van der Waals surface area contributed by atoms with Gasteiger partial charge in [-0.1, -0.05) is 24.3 Å². The summed E-state index contributed by atoms with van der Waals surface area (Å²) < 4.78 is 18.6. The summed E-state index contributed by atoms with van der Waals surface area (Å²) >= 11 is 1.59. The van der Waals surface area contributed by atoms with Crippen LogP contribution in [0.25, 0.3) is 0 Å². The molecule has 3 aliphatic rings. The fourth-order valence-corrected chi connectivity index (χ4v) is 6.05. The monoisotopic (exact) mass is 341 g/mol. The molecular formula is C15H23N3O2S2. The van der Waals surface area contributed by atoms with E-state index in [0.29, 0.717) is 5.75 Å². The van der Waals surface area contributed by atoms with Crippen molar-refractivity contribution in [3.63, 3.8) is 0 Å². The van der Waals surface area contributed by atoms with Crippen molar-refractivity contribution in [2.24, 2.45) is 16.6 Å². The van der Waals surface area contributed by atoms with Crippen LogP contribution in [0.4, 0.5) is 0 Å². The predicted molar refractivity (Wildman–Crippen MR) is 93.0 cm³/mol. The second kappa shape index (κ2) is 6.76. The Balaban J connectivity index is 1.81. The van der Waals surface area contributed by atoms with Gasteiger partial charge in [-0.2, -0.15) is 0 Å². The number of hydrogen-bond acceptors (Lipinski definition) is 6. The van der Waals surface area contributed by atoms with E-state index in [0.717, 1.165) is 48.5 Å². The van der Waals surface area contributed by atoms with Crippen LogP contribution in [0.5, 0.6) is 0 Å². The third kappa shape index (κ3) is 2.98. The number of nitrogens with zero attached hydrogens (tertiary/aromatic N) is 2. The molecule has 2 N–H and O–H groups in total. The Hall–Kier alpha value is -0.790. The zero-order valence-electron chi connectivity index (χ0n) is 13.1. The molecule has 0 amide bonds. The first-order valence-corrected chi connectivity index (χ1v) is 9.95. The second-order valence-electron chi connectivity index (χ2n) is 5.75. The molecule has 0 aromatic heterocycles. The maximum atomic E-state index is 12.3. The molecule has 3 atom stereocenters. The maximum Gasteiger partial charge on any atom is 0.124 e. The van der Waals surface area contributed by atoms with Crippen molar-refractivity contribution in [3.05, 3.63) is 21.6 Å². The minimum Gasteiger partial charge on any atom is -0.400 e. The molecule has 5 nitrogen and oxygen atoms in total. The molecule has 0 aromatic rings. The van der Waals surface area contributed by atoms with E-state index >= 15 is 0 Å². The number of rotatable bonds is 3. The van der Waals surface area contributed by atoms with E-state index < -0.39 is 10.8 Å². The smallest absolute Gasteiger partial charge is 0.124 e. The molecule has 3 unspecified atom stereocenters. The first kappa shape index (κ1) is 16.1. The number of morpholine rings is 1. The molecule has 0 aromatic carbocycles. The topological polar surface area (TPSA) is 67.9 Å². The largest absolute Gasteiger partial charge is 0.400 e. The van der Waals surface area contributed by atoms with Gasteiger partial charge in [-0.25, -0.2) is 0 Å². The Labute approximate surface area is 138 Å². The molecule has 122 valence electrons. The summed E-state index contributed by atoms with van der Waals surface area (Å²) in [6.45, 7) is 7.40. The first-order chi connectivity index (χ1) is 10.6. The van der Waals surface area contributed by atoms with Gasteiger partial charge in [0.2, 0.25) is 0 Å². The van der Waals surface area contributed by atoms with Crippen LogP contribution in [0.2, 0.25) is 0 Å². The Morgan fingerprint density at radius 1 is 1.50 bits per heavy atom. The molecule has 1 fully saturated rings. The summed E-state index contributed by atoms with van der Waals surface area (Å²) in [5.74, 6) is 1.79. The third-order valence-electron chi connectivity index (χ3n) is 4.12. The van der Waals surface area contributed by atoms with Crippen LogP contribution < -0.4 is 5.73 Å². The van der Waals surface area contributed by atoms with E-state index in [1.54, 1.807) is 11.8 Å². The van der Waals surface area contributed by atoms with Gasteiger partial charge in [0.1, 0.15) is 11.2 Å². The molecular weight excluding hydrogens is 318 g/mol. The molecule has 0 aliphatic carbocycles. The zero-order chi connectivity index (χ0) is 15.7. The minimum absolute atomic E-state index is 0.0404. The summed E-state index contributed by atoms with van der Waals surface area (Å²) in [6, 6.07) is 0. The van der Waals surface area contributed by atoms with Gasteiger partial charge < -0.3 is 15.4 Å². The lowest BCUT2D eigenvalue weighted by atomic mass is 9.95. The Morgan fingerprint density at radius 3 is 2.91 bits per heavy atom. The van der Waals surface area contributed by atoms with Crippen molar-refractivity contribution in [2.45, 2.75) is 25.6 Å². The summed E-state index contributed by atoms with van der Waals surface area (Å²) in [5, 5.41) is 0.0404. The van der Waals surface area contributed by atoms with E-state index in [1.807, 2.05) is 6.92 Å². The Bertz CT molecular complexity index is 565.